The number of hydrogen-bond donors (Lipinski definition) is 1. The van der Waals surface area contributed by atoms with Gasteiger partial charge in [-0.05, 0) is 37.1 Å². The van der Waals surface area contributed by atoms with Crippen LogP contribution < -0.4 is 5.32 Å². The molecule has 1 N–H and O–H groups in total. The van der Waals surface area contributed by atoms with E-state index < -0.39 is 11.6 Å². The smallest absolute Gasteiger partial charge is 0.223 e. The molecule has 0 spiro atoms. The first-order chi connectivity index (χ1) is 9.06. The standard InChI is InChI=1S/C14H18F2N2O/c1-10-9-18(7-6-17-10)14(19)5-2-11-8-12(15)3-4-13(11)16/h3-4,8,10,17H,2,5-7,9H2,1H3. The van der Waals surface area contributed by atoms with E-state index in [0.717, 1.165) is 24.7 Å². The number of nitrogens with one attached hydrogen (secondary N) is 1. The molecule has 5 heteroatoms. The molecule has 0 bridgehead atoms. The Balaban J connectivity index is 1.91. The van der Waals surface area contributed by atoms with Gasteiger partial charge in [-0.2, -0.15) is 0 Å². The van der Waals surface area contributed by atoms with Crippen LogP contribution in [0.4, 0.5) is 8.78 Å². The van der Waals surface area contributed by atoms with Gasteiger partial charge < -0.3 is 10.2 Å². The maximum absolute atomic E-state index is 13.4. The van der Waals surface area contributed by atoms with Crippen molar-refractivity contribution in [2.75, 3.05) is 19.6 Å². The van der Waals surface area contributed by atoms with E-state index in [1.54, 1.807) is 4.90 Å². The van der Waals surface area contributed by atoms with Crippen molar-refractivity contribution in [3.05, 3.63) is 35.4 Å². The molecule has 1 heterocycles. The van der Waals surface area contributed by atoms with Gasteiger partial charge in [-0.1, -0.05) is 0 Å². The molecule has 1 aromatic rings. The minimum Gasteiger partial charge on any atom is -0.340 e. The molecule has 0 radical (unpaired) electrons. The van der Waals surface area contributed by atoms with Crippen LogP contribution in [-0.2, 0) is 11.2 Å². The number of halogens is 2. The number of amides is 1. The van der Waals surface area contributed by atoms with Crippen molar-refractivity contribution in [1.82, 2.24) is 10.2 Å². The van der Waals surface area contributed by atoms with E-state index >= 15 is 0 Å². The summed E-state index contributed by atoms with van der Waals surface area (Å²) < 4.78 is 26.4. The molecule has 104 valence electrons. The summed E-state index contributed by atoms with van der Waals surface area (Å²) in [4.78, 5) is 13.8. The van der Waals surface area contributed by atoms with Gasteiger partial charge in [0.05, 0.1) is 0 Å². The Morgan fingerprint density at radius 2 is 2.26 bits per heavy atom. The number of nitrogens with zero attached hydrogens (tertiary/aromatic N) is 1. The zero-order chi connectivity index (χ0) is 13.8. The Hall–Kier alpha value is -1.49. The van der Waals surface area contributed by atoms with E-state index in [4.69, 9.17) is 0 Å². The Morgan fingerprint density at radius 1 is 1.47 bits per heavy atom. The molecule has 1 aromatic carbocycles. The SMILES string of the molecule is CC1CN(C(=O)CCc2cc(F)ccc2F)CCN1. The van der Waals surface area contributed by atoms with Gasteiger partial charge in [0, 0.05) is 32.1 Å². The van der Waals surface area contributed by atoms with Crippen LogP contribution in [0.3, 0.4) is 0 Å². The number of piperazine rings is 1. The fraction of sp³-hybridized carbons (Fsp3) is 0.500. The van der Waals surface area contributed by atoms with E-state index in [1.165, 1.54) is 0 Å². The minimum atomic E-state index is -0.473. The van der Waals surface area contributed by atoms with Gasteiger partial charge in [0.1, 0.15) is 11.6 Å². The molecular formula is C14H18F2N2O. The predicted octanol–water partition coefficient (Wildman–Crippen LogP) is 1.72. The molecule has 0 aromatic heterocycles. The summed E-state index contributed by atoms with van der Waals surface area (Å²) >= 11 is 0. The molecule has 0 saturated carbocycles. The Kier molecular flexibility index (Phi) is 4.47. The molecule has 1 aliphatic heterocycles. The third kappa shape index (κ3) is 3.73. The lowest BCUT2D eigenvalue weighted by molar-refractivity contribution is -0.132. The minimum absolute atomic E-state index is 0.00277. The third-order valence-electron chi connectivity index (χ3n) is 3.34. The van der Waals surface area contributed by atoms with Gasteiger partial charge in [0.25, 0.3) is 0 Å². The highest BCUT2D eigenvalue weighted by atomic mass is 19.1. The van der Waals surface area contributed by atoms with Gasteiger partial charge in [0.15, 0.2) is 0 Å². The van der Waals surface area contributed by atoms with Crippen LogP contribution in [0.15, 0.2) is 18.2 Å². The van der Waals surface area contributed by atoms with Crippen LogP contribution in [0.2, 0.25) is 0 Å². The maximum atomic E-state index is 13.4. The second-order valence-electron chi connectivity index (χ2n) is 4.93. The highest BCUT2D eigenvalue weighted by Crippen LogP contribution is 2.13. The summed E-state index contributed by atoms with van der Waals surface area (Å²) in [6.45, 7) is 4.15. The van der Waals surface area contributed by atoms with Crippen LogP contribution in [0, 0.1) is 11.6 Å². The largest absolute Gasteiger partial charge is 0.340 e. The summed E-state index contributed by atoms with van der Waals surface area (Å²) in [6.07, 6.45) is 0.452. The number of aryl methyl sites for hydroxylation is 1. The summed E-state index contributed by atoms with van der Waals surface area (Å²) in [6, 6.07) is 3.62. The molecule has 1 aliphatic rings. The lowest BCUT2D eigenvalue weighted by Crippen LogP contribution is -2.51. The molecule has 0 aliphatic carbocycles. The predicted molar refractivity (Wildman–Crippen MR) is 68.7 cm³/mol. The Labute approximate surface area is 111 Å². The number of rotatable bonds is 3. The van der Waals surface area contributed by atoms with Gasteiger partial charge in [-0.3, -0.25) is 4.79 Å². The van der Waals surface area contributed by atoms with Gasteiger partial charge in [0.2, 0.25) is 5.91 Å². The van der Waals surface area contributed by atoms with Crippen LogP contribution in [-0.4, -0.2) is 36.5 Å². The van der Waals surface area contributed by atoms with Crippen molar-refractivity contribution < 1.29 is 13.6 Å². The highest BCUT2D eigenvalue weighted by Gasteiger charge is 2.20. The first-order valence-corrected chi connectivity index (χ1v) is 6.51. The van der Waals surface area contributed by atoms with Crippen LogP contribution in [0.5, 0.6) is 0 Å². The summed E-state index contributed by atoms with van der Waals surface area (Å²) in [5.74, 6) is -0.931. The Morgan fingerprint density at radius 3 is 3.00 bits per heavy atom. The lowest BCUT2D eigenvalue weighted by atomic mass is 10.1. The van der Waals surface area contributed by atoms with E-state index in [-0.39, 0.29) is 30.4 Å². The fourth-order valence-electron chi connectivity index (χ4n) is 2.29. The zero-order valence-electron chi connectivity index (χ0n) is 11.0. The molecule has 1 saturated heterocycles. The van der Waals surface area contributed by atoms with Crippen LogP contribution in [0.1, 0.15) is 18.9 Å². The van der Waals surface area contributed by atoms with E-state index in [1.807, 2.05) is 6.92 Å². The van der Waals surface area contributed by atoms with Crippen molar-refractivity contribution in [3.8, 4) is 0 Å². The summed E-state index contributed by atoms with van der Waals surface area (Å²) in [5.41, 5.74) is 0.261. The van der Waals surface area contributed by atoms with Crippen molar-refractivity contribution in [3.63, 3.8) is 0 Å². The molecule has 1 amide bonds. The molecule has 2 rings (SSSR count). The highest BCUT2D eigenvalue weighted by molar-refractivity contribution is 5.76. The topological polar surface area (TPSA) is 32.3 Å². The third-order valence-corrected chi connectivity index (χ3v) is 3.34. The molecule has 3 nitrogen and oxygen atoms in total. The average molecular weight is 268 g/mol. The first-order valence-electron chi connectivity index (χ1n) is 6.51. The molecular weight excluding hydrogens is 250 g/mol. The second-order valence-corrected chi connectivity index (χ2v) is 4.93. The molecule has 1 unspecified atom stereocenters. The maximum Gasteiger partial charge on any atom is 0.223 e. The van der Waals surface area contributed by atoms with Crippen LogP contribution >= 0.6 is 0 Å². The number of carbonyl (C=O) groups is 1. The molecule has 1 atom stereocenters. The number of carbonyl (C=O) groups excluding carboxylic acids is 1. The normalized spacial score (nSPS) is 19.5. The first kappa shape index (κ1) is 13.9. The monoisotopic (exact) mass is 268 g/mol. The van der Waals surface area contributed by atoms with Crippen molar-refractivity contribution in [1.29, 1.82) is 0 Å². The van der Waals surface area contributed by atoms with Crippen molar-refractivity contribution in [2.45, 2.75) is 25.8 Å². The summed E-state index contributed by atoms with van der Waals surface area (Å²) in [5, 5.41) is 3.25. The fourth-order valence-corrected chi connectivity index (χ4v) is 2.29. The van der Waals surface area contributed by atoms with Crippen molar-refractivity contribution >= 4 is 5.91 Å². The van der Waals surface area contributed by atoms with Gasteiger partial charge in [-0.15, -0.1) is 0 Å². The second kappa shape index (κ2) is 6.10. The van der Waals surface area contributed by atoms with Crippen molar-refractivity contribution in [2.24, 2.45) is 0 Å². The number of hydrogen-bond acceptors (Lipinski definition) is 2. The van der Waals surface area contributed by atoms with Gasteiger partial charge >= 0.3 is 0 Å². The summed E-state index contributed by atoms with van der Waals surface area (Å²) in [7, 11) is 0. The van der Waals surface area contributed by atoms with E-state index in [0.29, 0.717) is 13.1 Å². The Bertz CT molecular complexity index is 465. The lowest BCUT2D eigenvalue weighted by Gasteiger charge is -2.32. The average Bonchev–Trinajstić information content (AvgIpc) is 2.39. The van der Waals surface area contributed by atoms with E-state index in [2.05, 4.69) is 5.32 Å². The van der Waals surface area contributed by atoms with E-state index in [9.17, 15) is 13.6 Å². The van der Waals surface area contributed by atoms with Gasteiger partial charge in [-0.25, -0.2) is 8.78 Å². The molecule has 19 heavy (non-hydrogen) atoms. The van der Waals surface area contributed by atoms with Crippen LogP contribution in [0.25, 0.3) is 0 Å². The molecule has 1 fully saturated rings. The quantitative estimate of drug-likeness (QED) is 0.905. The zero-order valence-corrected chi connectivity index (χ0v) is 11.0. The number of benzene rings is 1.